The third-order valence-corrected chi connectivity index (χ3v) is 6.31. The van der Waals surface area contributed by atoms with E-state index in [1.807, 2.05) is 32.0 Å². The molecule has 2 N–H and O–H groups in total. The van der Waals surface area contributed by atoms with Gasteiger partial charge in [0.25, 0.3) is 0 Å². The number of benzene rings is 2. The predicted octanol–water partition coefficient (Wildman–Crippen LogP) is 4.13. The van der Waals surface area contributed by atoms with Crippen LogP contribution in [0, 0.1) is 11.8 Å². The topological polar surface area (TPSA) is 82.0 Å². The second-order valence-electron chi connectivity index (χ2n) is 7.20. The Morgan fingerprint density at radius 3 is 2.62 bits per heavy atom. The molecule has 146 valence electrons. The maximum absolute atomic E-state index is 12.5. The second-order valence-corrected chi connectivity index (χ2v) is 8.29. The van der Waals surface area contributed by atoms with E-state index in [1.165, 1.54) is 16.6 Å². The van der Waals surface area contributed by atoms with Crippen molar-refractivity contribution in [2.75, 3.05) is 7.05 Å². The number of fused-ring (bicyclic) bond motifs is 3. The molecule has 0 unspecified atom stereocenters. The highest BCUT2D eigenvalue weighted by atomic mass is 32.1. The van der Waals surface area contributed by atoms with Crippen molar-refractivity contribution in [3.05, 3.63) is 47.5 Å². The van der Waals surface area contributed by atoms with Crippen LogP contribution in [0.5, 0.6) is 0 Å². The van der Waals surface area contributed by atoms with Gasteiger partial charge in [-0.15, -0.1) is 22.2 Å². The van der Waals surface area contributed by atoms with Gasteiger partial charge in [0.15, 0.2) is 0 Å². The smallest absolute Gasteiger partial charge is 0.434 e. The molecule has 0 spiro atoms. The molecular weight excluding hydrogens is 386 g/mol. The molecule has 1 aliphatic heterocycles. The van der Waals surface area contributed by atoms with E-state index in [9.17, 15) is 9.59 Å². The highest BCUT2D eigenvalue weighted by Gasteiger charge is 2.39. The molecule has 2 aromatic carbocycles. The molecule has 1 aromatic heterocycles. The van der Waals surface area contributed by atoms with E-state index < -0.39 is 11.6 Å². The zero-order valence-corrected chi connectivity index (χ0v) is 17.1. The first-order valence-corrected chi connectivity index (χ1v) is 9.88. The van der Waals surface area contributed by atoms with E-state index in [-0.39, 0.29) is 18.3 Å². The van der Waals surface area contributed by atoms with Crippen LogP contribution in [0.2, 0.25) is 0 Å². The van der Waals surface area contributed by atoms with Crippen molar-refractivity contribution in [1.29, 1.82) is 0 Å². The average Bonchev–Trinajstić information content (AvgIpc) is 3.03. The summed E-state index contributed by atoms with van der Waals surface area (Å²) in [5.41, 5.74) is 1.09. The fourth-order valence-corrected chi connectivity index (χ4v) is 4.69. The molecular formula is C22H19N3O3S. The number of thiophene rings is 1. The minimum absolute atomic E-state index is 0.0343. The van der Waals surface area contributed by atoms with E-state index in [1.54, 1.807) is 11.3 Å². The van der Waals surface area contributed by atoms with Crippen molar-refractivity contribution >= 4 is 49.5 Å². The van der Waals surface area contributed by atoms with Gasteiger partial charge in [0.05, 0.1) is 12.0 Å². The van der Waals surface area contributed by atoms with Gasteiger partial charge in [-0.05, 0) is 49.7 Å². The lowest BCUT2D eigenvalue weighted by atomic mass is 9.86. The van der Waals surface area contributed by atoms with Crippen molar-refractivity contribution in [3.8, 4) is 11.8 Å². The van der Waals surface area contributed by atoms with Gasteiger partial charge in [-0.25, -0.2) is 4.79 Å². The Bertz CT molecular complexity index is 1260. The first kappa shape index (κ1) is 19.0. The summed E-state index contributed by atoms with van der Waals surface area (Å²) in [5.74, 6) is 5.86. The van der Waals surface area contributed by atoms with Gasteiger partial charge in [0.2, 0.25) is 11.9 Å². The van der Waals surface area contributed by atoms with Gasteiger partial charge in [-0.3, -0.25) is 9.69 Å². The molecule has 1 aliphatic rings. The molecule has 3 aromatic rings. The maximum atomic E-state index is 12.5. The molecule has 2 amide bonds. The minimum Gasteiger partial charge on any atom is -0.463 e. The predicted molar refractivity (Wildman–Crippen MR) is 115 cm³/mol. The standard InChI is InChI=1S/C22H19N3O3S/c1-4-5-13-6-8-17-15(10-13)16-11-14(7-9-18(16)29-17)22(2)12-19(26)25(3)20(24-22)23-21(27)28/h6-11H,12H2,1-3H3,(H,23,24)(H,27,28)/t22-/m0/s1. The Balaban J connectivity index is 1.85. The molecule has 4 rings (SSSR count). The SMILES string of the molecule is CC#Cc1ccc2sc3ccc([C@]4(C)CC(=O)N(C)C(=NC(=O)O)N4)cc3c2c1. The lowest BCUT2D eigenvalue weighted by Crippen LogP contribution is -2.58. The normalized spacial score (nSPS) is 20.6. The zero-order valence-electron chi connectivity index (χ0n) is 16.2. The number of aliphatic imine (C=N–C) groups is 1. The Morgan fingerprint density at radius 2 is 1.93 bits per heavy atom. The molecule has 0 aliphatic carbocycles. The van der Waals surface area contributed by atoms with Crippen molar-refractivity contribution in [3.63, 3.8) is 0 Å². The Kier molecular flexibility index (Phi) is 4.52. The highest BCUT2D eigenvalue weighted by molar-refractivity contribution is 7.25. The fraction of sp³-hybridized carbons (Fsp3) is 0.227. The summed E-state index contributed by atoms with van der Waals surface area (Å²) in [4.78, 5) is 28.4. The molecule has 6 nitrogen and oxygen atoms in total. The maximum Gasteiger partial charge on any atom is 0.434 e. The van der Waals surface area contributed by atoms with E-state index in [0.717, 1.165) is 26.6 Å². The Hall–Kier alpha value is -3.37. The number of hydrogen-bond donors (Lipinski definition) is 2. The first-order valence-electron chi connectivity index (χ1n) is 9.06. The summed E-state index contributed by atoms with van der Waals surface area (Å²) < 4.78 is 2.32. The fourth-order valence-electron chi connectivity index (χ4n) is 3.62. The molecule has 1 saturated heterocycles. The average molecular weight is 405 g/mol. The van der Waals surface area contributed by atoms with E-state index in [4.69, 9.17) is 5.11 Å². The lowest BCUT2D eigenvalue weighted by molar-refractivity contribution is -0.129. The zero-order chi connectivity index (χ0) is 20.8. The van der Waals surface area contributed by atoms with E-state index in [0.29, 0.717) is 0 Å². The third kappa shape index (κ3) is 3.32. The van der Waals surface area contributed by atoms with Crippen LogP contribution in [0.4, 0.5) is 4.79 Å². The number of guanidine groups is 1. The van der Waals surface area contributed by atoms with Gasteiger partial charge in [-0.1, -0.05) is 12.0 Å². The molecule has 0 saturated carbocycles. The number of carboxylic acid groups (broad SMARTS) is 1. The molecule has 1 atom stereocenters. The van der Waals surface area contributed by atoms with Crippen LogP contribution < -0.4 is 5.32 Å². The van der Waals surface area contributed by atoms with Crippen LogP contribution in [-0.4, -0.2) is 35.0 Å². The van der Waals surface area contributed by atoms with Crippen LogP contribution in [0.15, 0.2) is 41.4 Å². The molecule has 0 radical (unpaired) electrons. The van der Waals surface area contributed by atoms with Crippen LogP contribution in [-0.2, 0) is 10.3 Å². The van der Waals surface area contributed by atoms with Crippen molar-refractivity contribution in [2.45, 2.75) is 25.8 Å². The van der Waals surface area contributed by atoms with Crippen molar-refractivity contribution in [1.82, 2.24) is 10.2 Å². The molecule has 1 fully saturated rings. The number of rotatable bonds is 1. The van der Waals surface area contributed by atoms with E-state index in [2.05, 4.69) is 40.3 Å². The summed E-state index contributed by atoms with van der Waals surface area (Å²) in [6.07, 6.45) is -1.15. The largest absolute Gasteiger partial charge is 0.463 e. The monoisotopic (exact) mass is 405 g/mol. The van der Waals surface area contributed by atoms with Gasteiger partial charge in [0.1, 0.15) is 0 Å². The number of hydrogen-bond acceptors (Lipinski definition) is 3. The second kappa shape index (κ2) is 6.90. The molecule has 29 heavy (non-hydrogen) atoms. The molecule has 2 heterocycles. The van der Waals surface area contributed by atoms with Crippen molar-refractivity contribution < 1.29 is 14.7 Å². The van der Waals surface area contributed by atoms with Crippen LogP contribution >= 0.6 is 11.3 Å². The summed E-state index contributed by atoms with van der Waals surface area (Å²) in [7, 11) is 1.52. The Labute approximate surface area is 171 Å². The first-order chi connectivity index (χ1) is 13.8. The summed E-state index contributed by atoms with van der Waals surface area (Å²) in [6.45, 7) is 3.70. The quantitative estimate of drug-likeness (QED) is 0.597. The van der Waals surface area contributed by atoms with E-state index >= 15 is 0 Å². The van der Waals surface area contributed by atoms with Crippen molar-refractivity contribution in [2.24, 2.45) is 4.99 Å². The molecule has 0 bridgehead atoms. The number of carbonyl (C=O) groups excluding carboxylic acids is 1. The highest BCUT2D eigenvalue weighted by Crippen LogP contribution is 2.38. The number of carbonyl (C=O) groups is 2. The number of nitrogens with one attached hydrogen (secondary N) is 1. The number of nitrogens with zero attached hydrogens (tertiary/aromatic N) is 2. The number of amides is 2. The Morgan fingerprint density at radius 1 is 1.24 bits per heavy atom. The minimum atomic E-state index is -1.35. The summed E-state index contributed by atoms with van der Waals surface area (Å²) in [6, 6.07) is 12.3. The van der Waals surface area contributed by atoms with Crippen LogP contribution in [0.3, 0.4) is 0 Å². The van der Waals surface area contributed by atoms with Gasteiger partial charge >= 0.3 is 6.09 Å². The molecule has 7 heteroatoms. The van der Waals surface area contributed by atoms with Crippen LogP contribution in [0.25, 0.3) is 20.2 Å². The summed E-state index contributed by atoms with van der Waals surface area (Å²) >= 11 is 1.71. The van der Waals surface area contributed by atoms with Gasteiger partial charge < -0.3 is 10.4 Å². The van der Waals surface area contributed by atoms with Gasteiger partial charge in [-0.2, -0.15) is 0 Å². The van der Waals surface area contributed by atoms with Crippen LogP contribution in [0.1, 0.15) is 31.4 Å². The van der Waals surface area contributed by atoms with Gasteiger partial charge in [0, 0.05) is 32.8 Å². The lowest BCUT2D eigenvalue weighted by Gasteiger charge is -2.40. The summed E-state index contributed by atoms with van der Waals surface area (Å²) in [5, 5.41) is 14.4. The third-order valence-electron chi connectivity index (χ3n) is 5.16.